The van der Waals surface area contributed by atoms with E-state index in [0.29, 0.717) is 22.0 Å². The Kier molecular flexibility index (Phi) is 11.9. The van der Waals surface area contributed by atoms with Crippen LogP contribution in [0.15, 0.2) is 65.6 Å². The van der Waals surface area contributed by atoms with Gasteiger partial charge in [0.2, 0.25) is 11.8 Å². The zero-order valence-corrected chi connectivity index (χ0v) is 28.4. The highest BCUT2D eigenvalue weighted by Crippen LogP contribution is 2.31. The molecule has 0 aromatic heterocycles. The third-order valence-corrected chi connectivity index (χ3v) is 10.7. The molecule has 1 saturated carbocycles. The van der Waals surface area contributed by atoms with Gasteiger partial charge in [0.25, 0.3) is 10.0 Å². The number of hydrogen-bond donors (Lipinski definition) is 1. The van der Waals surface area contributed by atoms with Gasteiger partial charge in [0, 0.05) is 22.6 Å². The zero-order valence-electron chi connectivity index (χ0n) is 24.5. The second kappa shape index (κ2) is 15.2. The molecule has 0 spiro atoms. The second-order valence-electron chi connectivity index (χ2n) is 11.0. The highest BCUT2D eigenvalue weighted by atomic mass is 35.5. The predicted molar refractivity (Wildman–Crippen MR) is 178 cm³/mol. The number of carbonyl (C=O) groups excluding carboxylic acids is 2. The summed E-state index contributed by atoms with van der Waals surface area (Å²) in [5.41, 5.74) is 1.63. The van der Waals surface area contributed by atoms with Gasteiger partial charge in [-0.25, -0.2) is 8.42 Å². The van der Waals surface area contributed by atoms with Gasteiger partial charge in [0.05, 0.1) is 20.6 Å². The van der Waals surface area contributed by atoms with E-state index in [4.69, 9.17) is 46.4 Å². The quantitative estimate of drug-likeness (QED) is 0.220. The minimum atomic E-state index is -4.26. The van der Waals surface area contributed by atoms with Gasteiger partial charge in [-0.15, -0.1) is 0 Å². The topological polar surface area (TPSA) is 86.8 Å². The van der Waals surface area contributed by atoms with Gasteiger partial charge in [0.15, 0.2) is 0 Å². The fraction of sp³-hybridized carbons (Fsp3) is 0.375. The molecule has 12 heteroatoms. The Morgan fingerprint density at radius 1 is 0.886 bits per heavy atom. The highest BCUT2D eigenvalue weighted by molar-refractivity contribution is 7.92. The van der Waals surface area contributed by atoms with Crippen LogP contribution in [0.5, 0.6) is 0 Å². The second-order valence-corrected chi connectivity index (χ2v) is 14.5. The number of sulfonamides is 1. The average Bonchev–Trinajstić information content (AvgIpc) is 2.97. The van der Waals surface area contributed by atoms with Gasteiger partial charge >= 0.3 is 0 Å². The summed E-state index contributed by atoms with van der Waals surface area (Å²) in [6.07, 6.45) is 5.25. The van der Waals surface area contributed by atoms with Crippen molar-refractivity contribution in [2.45, 2.75) is 75.9 Å². The summed E-state index contributed by atoms with van der Waals surface area (Å²) in [6, 6.07) is 14.8. The maximum absolute atomic E-state index is 14.3. The lowest BCUT2D eigenvalue weighted by molar-refractivity contribution is -0.140. The number of aryl methyl sites for hydroxylation is 1. The summed E-state index contributed by atoms with van der Waals surface area (Å²) in [4.78, 5) is 29.4. The fourth-order valence-corrected chi connectivity index (χ4v) is 7.58. The molecule has 1 fully saturated rings. The molecular formula is C32H35Cl4N3O4S. The normalized spacial score (nSPS) is 14.6. The van der Waals surface area contributed by atoms with Crippen LogP contribution in [0.4, 0.5) is 5.69 Å². The first-order chi connectivity index (χ1) is 20.9. The Bertz CT molecular complexity index is 1580. The first-order valence-corrected chi connectivity index (χ1v) is 17.4. The molecule has 0 unspecified atom stereocenters. The molecule has 3 aromatic carbocycles. The zero-order chi connectivity index (χ0) is 32.0. The van der Waals surface area contributed by atoms with Crippen molar-refractivity contribution in [1.82, 2.24) is 10.2 Å². The summed E-state index contributed by atoms with van der Waals surface area (Å²) in [5, 5.41) is 4.18. The number of nitrogens with one attached hydrogen (secondary N) is 1. The van der Waals surface area contributed by atoms with Crippen molar-refractivity contribution in [3.05, 3.63) is 91.9 Å². The number of benzene rings is 3. The van der Waals surface area contributed by atoms with Crippen molar-refractivity contribution in [2.75, 3.05) is 10.8 Å². The van der Waals surface area contributed by atoms with E-state index in [0.717, 1.165) is 42.0 Å². The van der Waals surface area contributed by atoms with Crippen LogP contribution in [0.25, 0.3) is 0 Å². The number of amides is 2. The van der Waals surface area contributed by atoms with Crippen LogP contribution in [-0.4, -0.2) is 43.8 Å². The van der Waals surface area contributed by atoms with Gasteiger partial charge in [0.1, 0.15) is 12.6 Å². The predicted octanol–water partition coefficient (Wildman–Crippen LogP) is 8.06. The Morgan fingerprint density at radius 3 is 2.11 bits per heavy atom. The summed E-state index contributed by atoms with van der Waals surface area (Å²) in [6.45, 7) is 3.05. The minimum absolute atomic E-state index is 0.00103. The van der Waals surface area contributed by atoms with Crippen molar-refractivity contribution >= 4 is 73.9 Å². The summed E-state index contributed by atoms with van der Waals surface area (Å²) < 4.78 is 29.1. The molecule has 7 nitrogen and oxygen atoms in total. The Hall–Kier alpha value is -2.49. The van der Waals surface area contributed by atoms with Gasteiger partial charge in [-0.2, -0.15) is 0 Å². The summed E-state index contributed by atoms with van der Waals surface area (Å²) in [5.74, 6) is -0.875. The van der Waals surface area contributed by atoms with Crippen molar-refractivity contribution in [3.63, 3.8) is 0 Å². The van der Waals surface area contributed by atoms with Gasteiger partial charge in [-0.3, -0.25) is 13.9 Å². The number of hydrogen-bond acceptors (Lipinski definition) is 4. The Balaban J connectivity index is 1.74. The van der Waals surface area contributed by atoms with Crippen molar-refractivity contribution < 1.29 is 18.0 Å². The SMILES string of the molecule is CC[C@H](C(=O)NC1CCCCC1)N(Cc1ccc(Cl)c(Cl)c1)C(=O)CN(c1cc(Cl)cc(Cl)c1)S(=O)(=O)c1ccc(C)cc1. The molecule has 2 amide bonds. The van der Waals surface area contributed by atoms with Crippen LogP contribution in [-0.2, 0) is 26.2 Å². The first kappa shape index (κ1) is 34.4. The number of nitrogens with zero attached hydrogens (tertiary/aromatic N) is 2. The highest BCUT2D eigenvalue weighted by Gasteiger charge is 2.34. The van der Waals surface area contributed by atoms with E-state index in [2.05, 4.69) is 5.32 Å². The van der Waals surface area contributed by atoms with Gasteiger partial charge in [-0.1, -0.05) is 96.4 Å². The van der Waals surface area contributed by atoms with E-state index in [9.17, 15) is 18.0 Å². The van der Waals surface area contributed by atoms with Crippen LogP contribution >= 0.6 is 46.4 Å². The maximum Gasteiger partial charge on any atom is 0.264 e. The molecule has 1 aliphatic rings. The molecule has 1 aliphatic carbocycles. The third-order valence-electron chi connectivity index (χ3n) is 7.70. The van der Waals surface area contributed by atoms with E-state index in [1.54, 1.807) is 30.3 Å². The van der Waals surface area contributed by atoms with Crippen LogP contribution in [0.2, 0.25) is 20.1 Å². The fourth-order valence-electron chi connectivity index (χ4n) is 5.35. The lowest BCUT2D eigenvalue weighted by Gasteiger charge is -2.34. The van der Waals surface area contributed by atoms with Crippen LogP contribution in [0.1, 0.15) is 56.6 Å². The molecule has 0 aliphatic heterocycles. The molecule has 1 atom stereocenters. The largest absolute Gasteiger partial charge is 0.352 e. The smallest absolute Gasteiger partial charge is 0.264 e. The molecule has 0 bridgehead atoms. The Labute approximate surface area is 279 Å². The number of rotatable bonds is 11. The first-order valence-electron chi connectivity index (χ1n) is 14.5. The standard InChI is InChI=1S/C32H35Cl4N3O4S/c1-3-30(32(41)37-25-7-5-4-6-8-25)38(19-22-11-14-28(35)29(36)15-22)31(40)20-39(26-17-23(33)16-24(34)18-26)44(42,43)27-12-9-21(2)10-13-27/h9-18,25,30H,3-8,19-20H2,1-2H3,(H,37,41)/t30-/m1/s1. The monoisotopic (exact) mass is 697 g/mol. The average molecular weight is 700 g/mol. The lowest BCUT2D eigenvalue weighted by atomic mass is 9.95. The molecule has 0 saturated heterocycles. The van der Waals surface area contributed by atoms with Crippen molar-refractivity contribution in [3.8, 4) is 0 Å². The molecule has 0 radical (unpaired) electrons. The van der Waals surface area contributed by atoms with E-state index in [-0.39, 0.29) is 39.1 Å². The summed E-state index contributed by atoms with van der Waals surface area (Å²) in [7, 11) is -4.26. The number of halogens is 4. The van der Waals surface area contributed by atoms with Crippen molar-refractivity contribution in [2.24, 2.45) is 0 Å². The number of carbonyl (C=O) groups is 2. The van der Waals surface area contributed by atoms with Gasteiger partial charge in [-0.05, 0) is 74.2 Å². The summed E-state index contributed by atoms with van der Waals surface area (Å²) >= 11 is 25.0. The molecule has 44 heavy (non-hydrogen) atoms. The van der Waals surface area contributed by atoms with Crippen LogP contribution in [0, 0.1) is 6.92 Å². The third kappa shape index (κ3) is 8.61. The van der Waals surface area contributed by atoms with Crippen LogP contribution < -0.4 is 9.62 Å². The molecule has 4 rings (SSSR count). The lowest BCUT2D eigenvalue weighted by Crippen LogP contribution is -2.54. The van der Waals surface area contributed by atoms with E-state index in [1.807, 2.05) is 13.8 Å². The molecule has 1 N–H and O–H groups in total. The van der Waals surface area contributed by atoms with Gasteiger partial charge < -0.3 is 10.2 Å². The van der Waals surface area contributed by atoms with Crippen LogP contribution in [0.3, 0.4) is 0 Å². The number of anilines is 1. The maximum atomic E-state index is 14.3. The van der Waals surface area contributed by atoms with Crippen molar-refractivity contribution in [1.29, 1.82) is 0 Å². The van der Waals surface area contributed by atoms with E-state index < -0.39 is 28.5 Å². The molecule has 236 valence electrons. The molecule has 3 aromatic rings. The Morgan fingerprint density at radius 2 is 1.52 bits per heavy atom. The van der Waals surface area contributed by atoms with E-state index in [1.165, 1.54) is 35.2 Å². The molecule has 0 heterocycles. The van der Waals surface area contributed by atoms with E-state index >= 15 is 0 Å². The molecular weight excluding hydrogens is 664 g/mol. The minimum Gasteiger partial charge on any atom is -0.352 e.